The third kappa shape index (κ3) is 2.80. The van der Waals surface area contributed by atoms with Gasteiger partial charge in [0.05, 0.1) is 12.8 Å². The summed E-state index contributed by atoms with van der Waals surface area (Å²) in [7, 11) is 0. The molecule has 0 saturated carbocycles. The monoisotopic (exact) mass is 232 g/mol. The van der Waals surface area contributed by atoms with Crippen molar-refractivity contribution in [1.82, 2.24) is 9.88 Å². The van der Waals surface area contributed by atoms with E-state index in [1.54, 1.807) is 6.26 Å². The van der Waals surface area contributed by atoms with Crippen molar-refractivity contribution in [2.45, 2.75) is 39.9 Å². The molecule has 0 aromatic carbocycles. The van der Waals surface area contributed by atoms with E-state index < -0.39 is 0 Å². The molecule has 0 aliphatic rings. The average molecular weight is 232 g/mol. The number of aromatic nitrogens is 1. The number of hydrogen-bond acceptors (Lipinski definition) is 2. The molecule has 17 heavy (non-hydrogen) atoms. The third-order valence-corrected chi connectivity index (χ3v) is 3.03. The molecular weight excluding hydrogens is 212 g/mol. The number of hydrogen-bond donors (Lipinski definition) is 1. The molecule has 0 unspecified atom stereocenters. The van der Waals surface area contributed by atoms with E-state index in [1.807, 2.05) is 12.1 Å². The zero-order valence-electron chi connectivity index (χ0n) is 10.6. The second-order valence-electron chi connectivity index (χ2n) is 4.10. The number of nitrogens with one attached hydrogen (secondary N) is 1. The lowest BCUT2D eigenvalue weighted by atomic mass is 10.3. The van der Waals surface area contributed by atoms with Gasteiger partial charge in [-0.05, 0) is 37.6 Å². The zero-order chi connectivity index (χ0) is 12.1. The molecule has 0 aliphatic carbocycles. The highest BCUT2D eigenvalue weighted by Gasteiger charge is 2.04. The van der Waals surface area contributed by atoms with Crippen LogP contribution >= 0.6 is 0 Å². The van der Waals surface area contributed by atoms with Gasteiger partial charge >= 0.3 is 0 Å². The fourth-order valence-electron chi connectivity index (χ4n) is 2.15. The van der Waals surface area contributed by atoms with Crippen LogP contribution in [0.4, 0.5) is 0 Å². The maximum absolute atomic E-state index is 5.29. The van der Waals surface area contributed by atoms with Crippen molar-refractivity contribution in [3.05, 3.63) is 47.7 Å². The third-order valence-electron chi connectivity index (χ3n) is 3.03. The van der Waals surface area contributed by atoms with Crippen molar-refractivity contribution >= 4 is 0 Å². The molecular formula is C14H20N2O. The quantitative estimate of drug-likeness (QED) is 0.830. The molecule has 3 heteroatoms. The number of rotatable bonds is 6. The van der Waals surface area contributed by atoms with E-state index in [2.05, 4.69) is 35.9 Å². The van der Waals surface area contributed by atoms with Crippen LogP contribution in [0.1, 0.15) is 31.0 Å². The van der Waals surface area contributed by atoms with E-state index in [0.29, 0.717) is 0 Å². The summed E-state index contributed by atoms with van der Waals surface area (Å²) in [6.07, 6.45) is 2.80. The lowest BCUT2D eigenvalue weighted by molar-refractivity contribution is 0.478. The summed E-state index contributed by atoms with van der Waals surface area (Å²) in [6, 6.07) is 8.33. The van der Waals surface area contributed by atoms with Crippen LogP contribution in [0.2, 0.25) is 0 Å². The fourth-order valence-corrected chi connectivity index (χ4v) is 2.15. The van der Waals surface area contributed by atoms with Crippen LogP contribution in [0, 0.1) is 0 Å². The maximum Gasteiger partial charge on any atom is 0.117 e. The molecule has 2 aromatic heterocycles. The van der Waals surface area contributed by atoms with Crippen LogP contribution in [-0.4, -0.2) is 4.57 Å². The first-order valence-corrected chi connectivity index (χ1v) is 6.25. The van der Waals surface area contributed by atoms with Gasteiger partial charge in [0.1, 0.15) is 5.76 Å². The molecule has 2 rings (SSSR count). The Morgan fingerprint density at radius 1 is 1.12 bits per heavy atom. The average Bonchev–Trinajstić information content (AvgIpc) is 2.97. The molecule has 2 aromatic rings. The summed E-state index contributed by atoms with van der Waals surface area (Å²) in [5, 5.41) is 3.40. The Morgan fingerprint density at radius 2 is 1.94 bits per heavy atom. The van der Waals surface area contributed by atoms with Gasteiger partial charge < -0.3 is 14.3 Å². The summed E-state index contributed by atoms with van der Waals surface area (Å²) in [5.41, 5.74) is 2.75. The maximum atomic E-state index is 5.29. The largest absolute Gasteiger partial charge is 0.468 e. The van der Waals surface area contributed by atoms with Crippen molar-refractivity contribution in [3.8, 4) is 0 Å². The van der Waals surface area contributed by atoms with Gasteiger partial charge in [0.2, 0.25) is 0 Å². The second-order valence-corrected chi connectivity index (χ2v) is 4.10. The highest BCUT2D eigenvalue weighted by atomic mass is 16.3. The Balaban J connectivity index is 1.92. The zero-order valence-corrected chi connectivity index (χ0v) is 10.6. The first-order chi connectivity index (χ1) is 8.35. The van der Waals surface area contributed by atoms with Crippen LogP contribution < -0.4 is 5.32 Å². The van der Waals surface area contributed by atoms with Crippen molar-refractivity contribution in [3.63, 3.8) is 0 Å². The van der Waals surface area contributed by atoms with Crippen molar-refractivity contribution in [2.75, 3.05) is 0 Å². The van der Waals surface area contributed by atoms with Gasteiger partial charge in [-0.1, -0.05) is 6.92 Å². The lowest BCUT2D eigenvalue weighted by Crippen LogP contribution is -2.16. The first-order valence-electron chi connectivity index (χ1n) is 6.25. The normalized spacial score (nSPS) is 10.9. The molecule has 0 fully saturated rings. The Morgan fingerprint density at radius 3 is 2.59 bits per heavy atom. The minimum absolute atomic E-state index is 0.781. The smallest absolute Gasteiger partial charge is 0.117 e. The Hall–Kier alpha value is -1.48. The number of nitrogens with zero attached hydrogens (tertiary/aromatic N) is 1. The molecule has 2 heterocycles. The van der Waals surface area contributed by atoms with Gasteiger partial charge in [-0.25, -0.2) is 0 Å². The molecule has 0 amide bonds. The van der Waals surface area contributed by atoms with Gasteiger partial charge in [-0.2, -0.15) is 0 Å². The van der Waals surface area contributed by atoms with E-state index in [9.17, 15) is 0 Å². The predicted molar refractivity (Wildman–Crippen MR) is 68.7 cm³/mol. The standard InChI is InChI=1S/C14H20N2O/c1-3-12-7-8-13(16(12)4-2)10-15-11-14-6-5-9-17-14/h5-9,15H,3-4,10-11H2,1-2H3. The number of aryl methyl sites for hydroxylation is 1. The fraction of sp³-hybridized carbons (Fsp3) is 0.429. The van der Waals surface area contributed by atoms with Crippen LogP contribution in [0.15, 0.2) is 34.9 Å². The molecule has 0 aliphatic heterocycles. The molecule has 1 N–H and O–H groups in total. The topological polar surface area (TPSA) is 30.1 Å². The van der Waals surface area contributed by atoms with Gasteiger partial charge in [-0.15, -0.1) is 0 Å². The van der Waals surface area contributed by atoms with E-state index in [-0.39, 0.29) is 0 Å². The van der Waals surface area contributed by atoms with Gasteiger partial charge in [0.25, 0.3) is 0 Å². The summed E-state index contributed by atoms with van der Waals surface area (Å²) >= 11 is 0. The van der Waals surface area contributed by atoms with E-state index >= 15 is 0 Å². The van der Waals surface area contributed by atoms with Gasteiger partial charge in [0, 0.05) is 24.5 Å². The highest BCUT2D eigenvalue weighted by Crippen LogP contribution is 2.10. The molecule has 0 bridgehead atoms. The van der Waals surface area contributed by atoms with Crippen LogP contribution in [0.25, 0.3) is 0 Å². The molecule has 0 spiro atoms. The lowest BCUT2D eigenvalue weighted by Gasteiger charge is -2.10. The molecule has 3 nitrogen and oxygen atoms in total. The van der Waals surface area contributed by atoms with Crippen LogP contribution in [-0.2, 0) is 26.1 Å². The summed E-state index contributed by atoms with van der Waals surface area (Å²) < 4.78 is 7.66. The minimum atomic E-state index is 0.781. The van der Waals surface area contributed by atoms with Gasteiger partial charge in [0.15, 0.2) is 0 Å². The van der Waals surface area contributed by atoms with E-state index in [0.717, 1.165) is 31.8 Å². The highest BCUT2D eigenvalue weighted by molar-refractivity contribution is 5.16. The molecule has 0 radical (unpaired) electrons. The predicted octanol–water partition coefficient (Wildman–Crippen LogP) is 2.95. The minimum Gasteiger partial charge on any atom is -0.468 e. The Bertz CT molecular complexity index is 443. The molecule has 92 valence electrons. The van der Waals surface area contributed by atoms with Crippen molar-refractivity contribution in [2.24, 2.45) is 0 Å². The number of furan rings is 1. The summed E-state index contributed by atoms with van der Waals surface area (Å²) in [4.78, 5) is 0. The SMILES string of the molecule is CCc1ccc(CNCc2ccco2)n1CC. The summed E-state index contributed by atoms with van der Waals surface area (Å²) in [5.74, 6) is 0.982. The first kappa shape index (κ1) is 12.0. The molecule has 0 atom stereocenters. The summed E-state index contributed by atoms with van der Waals surface area (Å²) in [6.45, 7) is 7.09. The second kappa shape index (κ2) is 5.73. The van der Waals surface area contributed by atoms with Crippen LogP contribution in [0.5, 0.6) is 0 Å². The van der Waals surface area contributed by atoms with Crippen LogP contribution in [0.3, 0.4) is 0 Å². The molecule has 0 saturated heterocycles. The Kier molecular flexibility index (Phi) is 4.04. The van der Waals surface area contributed by atoms with Crippen molar-refractivity contribution in [1.29, 1.82) is 0 Å². The van der Waals surface area contributed by atoms with Crippen molar-refractivity contribution < 1.29 is 4.42 Å². The van der Waals surface area contributed by atoms with E-state index in [1.165, 1.54) is 11.4 Å². The van der Waals surface area contributed by atoms with Gasteiger partial charge in [-0.3, -0.25) is 0 Å². The van der Waals surface area contributed by atoms with E-state index in [4.69, 9.17) is 4.42 Å². The Labute approximate surface area is 102 Å².